The fourth-order valence-corrected chi connectivity index (χ4v) is 1.90. The molecule has 0 aromatic carbocycles. The molecule has 0 unspecified atom stereocenters. The number of ether oxygens (including phenoxy) is 1. The van der Waals surface area contributed by atoms with E-state index >= 15 is 0 Å². The Hall–Kier alpha value is -1.56. The zero-order valence-electron chi connectivity index (χ0n) is 8.60. The van der Waals surface area contributed by atoms with Crippen molar-refractivity contribution < 1.29 is 4.74 Å². The van der Waals surface area contributed by atoms with Crippen LogP contribution in [0.15, 0.2) is 24.4 Å². The van der Waals surface area contributed by atoms with Crippen molar-refractivity contribution in [2.24, 2.45) is 5.92 Å². The number of hydrogen-bond donors (Lipinski definition) is 0. The molecule has 0 saturated heterocycles. The van der Waals surface area contributed by atoms with Crippen molar-refractivity contribution in [1.29, 1.82) is 5.26 Å². The number of hydrogen-bond acceptors (Lipinski definition) is 3. The van der Waals surface area contributed by atoms with Crippen molar-refractivity contribution in [3.8, 4) is 11.9 Å². The zero-order chi connectivity index (χ0) is 10.5. The minimum Gasteiger partial charge on any atom is -0.474 e. The molecular weight excluding hydrogens is 188 g/mol. The van der Waals surface area contributed by atoms with E-state index < -0.39 is 0 Å². The summed E-state index contributed by atoms with van der Waals surface area (Å²) in [7, 11) is 0. The topological polar surface area (TPSA) is 45.9 Å². The van der Waals surface area contributed by atoms with Crippen LogP contribution in [-0.2, 0) is 0 Å². The third kappa shape index (κ3) is 2.69. The Morgan fingerprint density at radius 3 is 2.67 bits per heavy atom. The number of nitriles is 1. The van der Waals surface area contributed by atoms with Gasteiger partial charge in [-0.1, -0.05) is 6.07 Å². The molecule has 3 heteroatoms. The Labute approximate surface area is 89.7 Å². The van der Waals surface area contributed by atoms with E-state index in [0.29, 0.717) is 5.88 Å². The fraction of sp³-hybridized carbons (Fsp3) is 0.500. The molecule has 1 aliphatic rings. The van der Waals surface area contributed by atoms with Gasteiger partial charge in [0.2, 0.25) is 5.88 Å². The molecule has 0 N–H and O–H groups in total. The standard InChI is InChI=1S/C12H14N2O/c13-9-10-4-6-11(7-5-10)15-12-3-1-2-8-14-12/h1-3,8,10-11H,4-7H2. The van der Waals surface area contributed by atoms with Crippen LogP contribution in [0.1, 0.15) is 25.7 Å². The van der Waals surface area contributed by atoms with Gasteiger partial charge in [0.25, 0.3) is 0 Å². The van der Waals surface area contributed by atoms with Crippen molar-refractivity contribution >= 4 is 0 Å². The maximum absolute atomic E-state index is 8.76. The minimum atomic E-state index is 0.230. The SMILES string of the molecule is N#CC1CCC(Oc2ccccn2)CC1. The van der Waals surface area contributed by atoms with Gasteiger partial charge in [0, 0.05) is 18.2 Å². The van der Waals surface area contributed by atoms with Crippen LogP contribution in [0.4, 0.5) is 0 Å². The number of nitrogens with zero attached hydrogens (tertiary/aromatic N) is 2. The molecule has 1 aliphatic carbocycles. The summed E-state index contributed by atoms with van der Waals surface area (Å²) in [6, 6.07) is 7.98. The van der Waals surface area contributed by atoms with Gasteiger partial charge in [-0.2, -0.15) is 5.26 Å². The van der Waals surface area contributed by atoms with Gasteiger partial charge < -0.3 is 4.74 Å². The highest BCUT2D eigenvalue weighted by Crippen LogP contribution is 2.26. The summed E-state index contributed by atoms with van der Waals surface area (Å²) >= 11 is 0. The smallest absolute Gasteiger partial charge is 0.213 e. The van der Waals surface area contributed by atoms with Gasteiger partial charge in [0.1, 0.15) is 6.10 Å². The van der Waals surface area contributed by atoms with Gasteiger partial charge in [-0.05, 0) is 31.7 Å². The summed E-state index contributed by atoms with van der Waals surface area (Å²) < 4.78 is 5.73. The van der Waals surface area contributed by atoms with Gasteiger partial charge in [0.15, 0.2) is 0 Å². The second-order valence-electron chi connectivity index (χ2n) is 3.89. The van der Waals surface area contributed by atoms with E-state index in [4.69, 9.17) is 10.00 Å². The van der Waals surface area contributed by atoms with E-state index in [-0.39, 0.29) is 12.0 Å². The molecule has 78 valence electrons. The Morgan fingerprint density at radius 2 is 2.07 bits per heavy atom. The molecule has 0 bridgehead atoms. The first-order valence-corrected chi connectivity index (χ1v) is 5.36. The van der Waals surface area contributed by atoms with Crippen LogP contribution in [0, 0.1) is 17.2 Å². The Bertz CT molecular complexity index is 336. The van der Waals surface area contributed by atoms with E-state index in [2.05, 4.69) is 11.1 Å². The lowest BCUT2D eigenvalue weighted by molar-refractivity contribution is 0.137. The van der Waals surface area contributed by atoms with Gasteiger partial charge in [-0.3, -0.25) is 0 Å². The maximum atomic E-state index is 8.76. The lowest BCUT2D eigenvalue weighted by Crippen LogP contribution is -2.23. The van der Waals surface area contributed by atoms with E-state index in [1.165, 1.54) is 0 Å². The summed E-state index contributed by atoms with van der Waals surface area (Å²) in [6.07, 6.45) is 5.81. The summed E-state index contributed by atoms with van der Waals surface area (Å²) in [6.45, 7) is 0. The van der Waals surface area contributed by atoms with Crippen molar-refractivity contribution in [2.75, 3.05) is 0 Å². The molecule has 1 aromatic heterocycles. The summed E-state index contributed by atoms with van der Waals surface area (Å²) in [5, 5.41) is 8.76. The molecule has 0 amide bonds. The molecule has 1 saturated carbocycles. The van der Waals surface area contributed by atoms with Crippen molar-refractivity contribution in [1.82, 2.24) is 4.98 Å². The third-order valence-corrected chi connectivity index (χ3v) is 2.78. The monoisotopic (exact) mass is 202 g/mol. The van der Waals surface area contributed by atoms with Crippen LogP contribution in [0.2, 0.25) is 0 Å². The Kier molecular flexibility index (Phi) is 3.18. The highest BCUT2D eigenvalue weighted by Gasteiger charge is 2.22. The predicted octanol–water partition coefficient (Wildman–Crippen LogP) is 2.54. The van der Waals surface area contributed by atoms with Crippen LogP contribution in [-0.4, -0.2) is 11.1 Å². The largest absolute Gasteiger partial charge is 0.474 e. The Morgan fingerprint density at radius 1 is 1.27 bits per heavy atom. The molecule has 1 heterocycles. The van der Waals surface area contributed by atoms with E-state index in [1.807, 2.05) is 18.2 Å². The van der Waals surface area contributed by atoms with Gasteiger partial charge >= 0.3 is 0 Å². The summed E-state index contributed by atoms with van der Waals surface area (Å²) in [4.78, 5) is 4.12. The molecule has 3 nitrogen and oxygen atoms in total. The normalized spacial score (nSPS) is 25.5. The molecule has 0 radical (unpaired) electrons. The molecule has 0 aliphatic heterocycles. The predicted molar refractivity (Wildman–Crippen MR) is 56.2 cm³/mol. The second kappa shape index (κ2) is 4.79. The summed E-state index contributed by atoms with van der Waals surface area (Å²) in [5.74, 6) is 0.923. The quantitative estimate of drug-likeness (QED) is 0.740. The number of pyridine rings is 1. The van der Waals surface area contributed by atoms with Crippen LogP contribution in [0.3, 0.4) is 0 Å². The van der Waals surface area contributed by atoms with E-state index in [9.17, 15) is 0 Å². The average molecular weight is 202 g/mol. The lowest BCUT2D eigenvalue weighted by atomic mass is 9.88. The molecular formula is C12H14N2O. The zero-order valence-corrected chi connectivity index (χ0v) is 8.60. The molecule has 2 rings (SSSR count). The van der Waals surface area contributed by atoms with E-state index in [1.54, 1.807) is 6.20 Å². The number of aromatic nitrogens is 1. The van der Waals surface area contributed by atoms with Crippen LogP contribution < -0.4 is 4.74 Å². The molecule has 15 heavy (non-hydrogen) atoms. The Balaban J connectivity index is 1.85. The fourth-order valence-electron chi connectivity index (χ4n) is 1.90. The third-order valence-electron chi connectivity index (χ3n) is 2.78. The second-order valence-corrected chi connectivity index (χ2v) is 3.89. The van der Waals surface area contributed by atoms with Gasteiger partial charge in [0.05, 0.1) is 6.07 Å². The van der Waals surface area contributed by atoms with Crippen molar-refractivity contribution in [3.63, 3.8) is 0 Å². The highest BCUT2D eigenvalue weighted by atomic mass is 16.5. The van der Waals surface area contributed by atoms with Crippen LogP contribution in [0.25, 0.3) is 0 Å². The first-order valence-electron chi connectivity index (χ1n) is 5.36. The lowest BCUT2D eigenvalue weighted by Gasteiger charge is -2.24. The minimum absolute atomic E-state index is 0.230. The van der Waals surface area contributed by atoms with Crippen molar-refractivity contribution in [2.45, 2.75) is 31.8 Å². The first-order chi connectivity index (χ1) is 7.38. The van der Waals surface area contributed by atoms with Gasteiger partial charge in [-0.15, -0.1) is 0 Å². The summed E-state index contributed by atoms with van der Waals surface area (Å²) in [5.41, 5.74) is 0. The van der Waals surface area contributed by atoms with Crippen LogP contribution >= 0.6 is 0 Å². The average Bonchev–Trinajstić information content (AvgIpc) is 2.31. The molecule has 0 spiro atoms. The van der Waals surface area contributed by atoms with Crippen LogP contribution in [0.5, 0.6) is 5.88 Å². The molecule has 1 fully saturated rings. The number of rotatable bonds is 2. The maximum Gasteiger partial charge on any atom is 0.213 e. The van der Waals surface area contributed by atoms with Gasteiger partial charge in [-0.25, -0.2) is 4.98 Å². The highest BCUT2D eigenvalue weighted by molar-refractivity contribution is 5.09. The first kappa shape index (κ1) is 9.97. The van der Waals surface area contributed by atoms with E-state index in [0.717, 1.165) is 25.7 Å². The molecule has 1 aromatic rings. The van der Waals surface area contributed by atoms with Crippen molar-refractivity contribution in [3.05, 3.63) is 24.4 Å². The molecule has 0 atom stereocenters.